The van der Waals surface area contributed by atoms with Gasteiger partial charge in [0.15, 0.2) is 0 Å². The number of hydrogen-bond donors (Lipinski definition) is 1. The number of rotatable bonds is 4. The number of carbonyl (C=O) groups is 1. The maximum absolute atomic E-state index is 12.6. The molecule has 0 radical (unpaired) electrons. The van der Waals surface area contributed by atoms with Crippen LogP contribution < -0.4 is 5.32 Å². The number of amides is 1. The molecule has 1 atom stereocenters. The van der Waals surface area contributed by atoms with E-state index in [-0.39, 0.29) is 11.9 Å². The molecule has 2 rings (SSSR count). The monoisotopic (exact) mass is 295 g/mol. The fourth-order valence-electron chi connectivity index (χ4n) is 2.71. The Morgan fingerprint density at radius 3 is 2.27 bits per heavy atom. The summed E-state index contributed by atoms with van der Waals surface area (Å²) < 4.78 is 0. The molecule has 0 aliphatic heterocycles. The van der Waals surface area contributed by atoms with Crippen molar-refractivity contribution in [1.29, 1.82) is 0 Å². The largest absolute Gasteiger partial charge is 0.345 e. The third kappa shape index (κ3) is 3.56. The smallest absolute Gasteiger partial charge is 0.252 e. The first-order chi connectivity index (χ1) is 10.4. The fourth-order valence-corrected chi connectivity index (χ4v) is 2.71. The molecule has 0 fully saturated rings. The molecule has 2 aromatic carbocycles. The van der Waals surface area contributed by atoms with Crippen LogP contribution in [-0.4, -0.2) is 5.91 Å². The number of benzene rings is 2. The Kier molecular flexibility index (Phi) is 5.02. The summed E-state index contributed by atoms with van der Waals surface area (Å²) in [6.07, 6.45) is 0.874. The summed E-state index contributed by atoms with van der Waals surface area (Å²) in [4.78, 5) is 12.6. The number of hydrogen-bond acceptors (Lipinski definition) is 1. The van der Waals surface area contributed by atoms with Gasteiger partial charge in [0.25, 0.3) is 5.91 Å². The molecule has 0 saturated carbocycles. The summed E-state index contributed by atoms with van der Waals surface area (Å²) in [7, 11) is 0. The summed E-state index contributed by atoms with van der Waals surface area (Å²) >= 11 is 0. The summed E-state index contributed by atoms with van der Waals surface area (Å²) in [5.74, 6) is 0.00239. The van der Waals surface area contributed by atoms with Gasteiger partial charge in [-0.15, -0.1) is 0 Å². The zero-order valence-corrected chi connectivity index (χ0v) is 14.2. The van der Waals surface area contributed by atoms with Gasteiger partial charge in [0.05, 0.1) is 6.04 Å². The van der Waals surface area contributed by atoms with Gasteiger partial charge in [0.1, 0.15) is 0 Å². The highest BCUT2D eigenvalue weighted by atomic mass is 16.1. The van der Waals surface area contributed by atoms with Crippen molar-refractivity contribution in [1.82, 2.24) is 5.32 Å². The number of nitrogens with one attached hydrogen (secondary N) is 1. The lowest BCUT2D eigenvalue weighted by Gasteiger charge is -2.19. The van der Waals surface area contributed by atoms with Crippen LogP contribution in [0, 0.1) is 27.7 Å². The molecule has 0 bridgehead atoms. The van der Waals surface area contributed by atoms with Crippen LogP contribution in [0.2, 0.25) is 0 Å². The summed E-state index contributed by atoms with van der Waals surface area (Å²) in [5, 5.41) is 3.17. The second kappa shape index (κ2) is 6.78. The molecule has 2 nitrogen and oxygen atoms in total. The molecule has 2 aromatic rings. The molecule has 1 N–H and O–H groups in total. The van der Waals surface area contributed by atoms with E-state index in [1.54, 1.807) is 0 Å². The zero-order valence-electron chi connectivity index (χ0n) is 14.2. The minimum Gasteiger partial charge on any atom is -0.345 e. The van der Waals surface area contributed by atoms with Crippen LogP contribution in [0.3, 0.4) is 0 Å². The van der Waals surface area contributed by atoms with Crippen LogP contribution in [0.4, 0.5) is 0 Å². The minimum absolute atomic E-state index is 0.00239. The van der Waals surface area contributed by atoms with E-state index in [9.17, 15) is 4.79 Å². The predicted molar refractivity (Wildman–Crippen MR) is 92.3 cm³/mol. The van der Waals surface area contributed by atoms with Crippen LogP contribution >= 0.6 is 0 Å². The lowest BCUT2D eigenvalue weighted by Crippen LogP contribution is -2.28. The van der Waals surface area contributed by atoms with E-state index in [4.69, 9.17) is 0 Å². The zero-order chi connectivity index (χ0) is 16.3. The maximum Gasteiger partial charge on any atom is 0.252 e. The van der Waals surface area contributed by atoms with Crippen LogP contribution in [0.1, 0.15) is 57.6 Å². The van der Waals surface area contributed by atoms with E-state index in [0.717, 1.165) is 17.5 Å². The third-order valence-corrected chi connectivity index (χ3v) is 4.27. The normalized spacial score (nSPS) is 12.0. The van der Waals surface area contributed by atoms with Crippen molar-refractivity contribution in [3.05, 3.63) is 69.8 Å². The molecule has 0 heterocycles. The van der Waals surface area contributed by atoms with Crippen LogP contribution in [0.5, 0.6) is 0 Å². The van der Waals surface area contributed by atoms with Gasteiger partial charge in [-0.3, -0.25) is 4.79 Å². The first-order valence-corrected chi connectivity index (χ1v) is 7.87. The van der Waals surface area contributed by atoms with Crippen molar-refractivity contribution in [3.8, 4) is 0 Å². The third-order valence-electron chi connectivity index (χ3n) is 4.27. The van der Waals surface area contributed by atoms with Gasteiger partial charge in [-0.1, -0.05) is 42.8 Å². The molecule has 0 aliphatic rings. The highest BCUT2D eigenvalue weighted by Gasteiger charge is 2.16. The van der Waals surface area contributed by atoms with Gasteiger partial charge in [0.2, 0.25) is 0 Å². The molecule has 0 aromatic heterocycles. The van der Waals surface area contributed by atoms with Crippen LogP contribution in [-0.2, 0) is 0 Å². The van der Waals surface area contributed by atoms with Gasteiger partial charge >= 0.3 is 0 Å². The van der Waals surface area contributed by atoms with E-state index in [2.05, 4.69) is 44.3 Å². The van der Waals surface area contributed by atoms with Crippen molar-refractivity contribution in [3.63, 3.8) is 0 Å². The Labute approximate surface area is 133 Å². The van der Waals surface area contributed by atoms with Crippen LogP contribution in [0.25, 0.3) is 0 Å². The average molecular weight is 295 g/mol. The molecular weight excluding hydrogens is 270 g/mol. The summed E-state index contributed by atoms with van der Waals surface area (Å²) in [5.41, 5.74) is 6.66. The SMILES string of the molecule is CC[C@@H](NC(=O)c1ccc(C)cc1C)c1ccc(C)c(C)c1. The van der Waals surface area contributed by atoms with E-state index >= 15 is 0 Å². The summed E-state index contributed by atoms with van der Waals surface area (Å²) in [6.45, 7) is 10.3. The van der Waals surface area contributed by atoms with E-state index in [1.165, 1.54) is 22.3 Å². The Bertz CT molecular complexity index is 688. The second-order valence-corrected chi connectivity index (χ2v) is 6.10. The number of carbonyl (C=O) groups excluding carboxylic acids is 1. The topological polar surface area (TPSA) is 29.1 Å². The molecule has 1 amide bonds. The molecule has 0 saturated heterocycles. The standard InChI is InChI=1S/C20H25NO/c1-6-19(17-9-8-14(3)15(4)12-17)21-20(22)18-10-7-13(2)11-16(18)5/h7-12,19H,6H2,1-5H3,(H,21,22)/t19-/m1/s1. The highest BCUT2D eigenvalue weighted by molar-refractivity contribution is 5.95. The second-order valence-electron chi connectivity index (χ2n) is 6.10. The maximum atomic E-state index is 12.6. The molecule has 116 valence electrons. The van der Waals surface area contributed by atoms with Crippen molar-refractivity contribution in [2.24, 2.45) is 0 Å². The first kappa shape index (κ1) is 16.3. The molecular formula is C20H25NO. The Balaban J connectivity index is 2.22. The highest BCUT2D eigenvalue weighted by Crippen LogP contribution is 2.21. The predicted octanol–water partition coefficient (Wildman–Crippen LogP) is 4.80. The molecule has 0 spiro atoms. The molecule has 0 unspecified atom stereocenters. The van der Waals surface area contributed by atoms with E-state index < -0.39 is 0 Å². The molecule has 0 aliphatic carbocycles. The van der Waals surface area contributed by atoms with Crippen molar-refractivity contribution in [2.45, 2.75) is 47.1 Å². The van der Waals surface area contributed by atoms with Gasteiger partial charge in [-0.2, -0.15) is 0 Å². The van der Waals surface area contributed by atoms with Crippen LogP contribution in [0.15, 0.2) is 36.4 Å². The molecule has 22 heavy (non-hydrogen) atoms. The van der Waals surface area contributed by atoms with Crippen molar-refractivity contribution >= 4 is 5.91 Å². The lowest BCUT2D eigenvalue weighted by molar-refractivity contribution is 0.0935. The Morgan fingerprint density at radius 1 is 0.955 bits per heavy atom. The summed E-state index contributed by atoms with van der Waals surface area (Å²) in [6, 6.07) is 12.4. The fraction of sp³-hybridized carbons (Fsp3) is 0.350. The Hall–Kier alpha value is -2.09. The van der Waals surface area contributed by atoms with Gasteiger partial charge in [0, 0.05) is 5.56 Å². The minimum atomic E-state index is 0.00239. The van der Waals surface area contributed by atoms with Gasteiger partial charge < -0.3 is 5.32 Å². The van der Waals surface area contributed by atoms with E-state index in [1.807, 2.05) is 32.0 Å². The lowest BCUT2D eigenvalue weighted by atomic mass is 9.98. The van der Waals surface area contributed by atoms with Gasteiger partial charge in [-0.05, 0) is 62.4 Å². The molecule has 2 heteroatoms. The van der Waals surface area contributed by atoms with Crippen molar-refractivity contribution < 1.29 is 4.79 Å². The Morgan fingerprint density at radius 2 is 1.68 bits per heavy atom. The quantitative estimate of drug-likeness (QED) is 0.862. The number of aryl methyl sites for hydroxylation is 4. The van der Waals surface area contributed by atoms with E-state index in [0.29, 0.717) is 0 Å². The average Bonchev–Trinajstić information content (AvgIpc) is 2.47. The first-order valence-electron chi connectivity index (χ1n) is 7.87. The van der Waals surface area contributed by atoms with Gasteiger partial charge in [-0.25, -0.2) is 0 Å². The van der Waals surface area contributed by atoms with Crippen molar-refractivity contribution in [2.75, 3.05) is 0 Å².